The molecule has 0 aliphatic heterocycles. The summed E-state index contributed by atoms with van der Waals surface area (Å²) in [5, 5.41) is -0.257. The molecule has 2 aromatic rings. The van der Waals surface area contributed by atoms with Crippen LogP contribution in [0.5, 0.6) is 0 Å². The Morgan fingerprint density at radius 3 is 2.47 bits per heavy atom. The summed E-state index contributed by atoms with van der Waals surface area (Å²) in [6.07, 6.45) is 2.23. The van der Waals surface area contributed by atoms with Crippen LogP contribution >= 0.6 is 0 Å². The van der Waals surface area contributed by atoms with E-state index in [0.29, 0.717) is 5.56 Å². The lowest BCUT2D eigenvalue weighted by Crippen LogP contribution is -2.16. The minimum atomic E-state index is -3.65. The van der Waals surface area contributed by atoms with E-state index in [4.69, 9.17) is 5.73 Å². The molecule has 0 atom stereocenters. The molecular formula is C12H11N3O3S. The minimum absolute atomic E-state index is 0.172. The zero-order chi connectivity index (χ0) is 13.9. The Hall–Kier alpha value is -2.28. The fraction of sp³-hybridized carbons (Fsp3) is 0.0833. The van der Waals surface area contributed by atoms with Crippen LogP contribution in [0.2, 0.25) is 0 Å². The average molecular weight is 277 g/mol. The van der Waals surface area contributed by atoms with Crippen LogP contribution in [0.1, 0.15) is 16.1 Å². The van der Waals surface area contributed by atoms with Gasteiger partial charge in [-0.1, -0.05) is 30.3 Å². The van der Waals surface area contributed by atoms with Gasteiger partial charge in [-0.25, -0.2) is 13.4 Å². The highest BCUT2D eigenvalue weighted by Gasteiger charge is 2.18. The number of benzene rings is 1. The van der Waals surface area contributed by atoms with Gasteiger partial charge in [0.1, 0.15) is 5.69 Å². The Labute approximate surface area is 110 Å². The Morgan fingerprint density at radius 2 is 1.84 bits per heavy atom. The molecule has 0 radical (unpaired) electrons. The maximum absolute atomic E-state index is 12.1. The van der Waals surface area contributed by atoms with E-state index in [0.717, 1.165) is 12.4 Å². The lowest BCUT2D eigenvalue weighted by molar-refractivity contribution is 0.0994. The molecule has 1 aromatic carbocycles. The van der Waals surface area contributed by atoms with Gasteiger partial charge in [-0.15, -0.1) is 0 Å². The first-order valence-electron chi connectivity index (χ1n) is 5.37. The Morgan fingerprint density at radius 1 is 1.16 bits per heavy atom. The zero-order valence-electron chi connectivity index (χ0n) is 9.85. The molecule has 0 fully saturated rings. The van der Waals surface area contributed by atoms with Gasteiger partial charge in [-0.05, 0) is 5.56 Å². The van der Waals surface area contributed by atoms with E-state index in [1.165, 1.54) is 0 Å². The first-order valence-corrected chi connectivity index (χ1v) is 7.03. The summed E-state index contributed by atoms with van der Waals surface area (Å²) in [6.45, 7) is 0. The van der Waals surface area contributed by atoms with Crippen LogP contribution in [-0.2, 0) is 15.6 Å². The lowest BCUT2D eigenvalue weighted by atomic mass is 10.2. The first-order chi connectivity index (χ1) is 8.99. The number of primary amides is 1. The molecule has 0 aliphatic rings. The third-order valence-electron chi connectivity index (χ3n) is 2.38. The quantitative estimate of drug-likeness (QED) is 0.879. The van der Waals surface area contributed by atoms with Gasteiger partial charge < -0.3 is 5.73 Å². The van der Waals surface area contributed by atoms with E-state index < -0.39 is 15.7 Å². The third kappa shape index (κ3) is 3.14. The molecule has 0 spiro atoms. The smallest absolute Gasteiger partial charge is 0.268 e. The summed E-state index contributed by atoms with van der Waals surface area (Å²) in [5.74, 6) is -1.02. The molecule has 1 amide bonds. The highest BCUT2D eigenvalue weighted by molar-refractivity contribution is 7.90. The number of amides is 1. The van der Waals surface area contributed by atoms with Crippen LogP contribution in [0, 0.1) is 0 Å². The van der Waals surface area contributed by atoms with Crippen molar-refractivity contribution in [2.45, 2.75) is 10.8 Å². The van der Waals surface area contributed by atoms with Gasteiger partial charge in [0.05, 0.1) is 18.1 Å². The van der Waals surface area contributed by atoms with Crippen molar-refractivity contribution >= 4 is 15.7 Å². The van der Waals surface area contributed by atoms with Crippen LogP contribution in [0.25, 0.3) is 0 Å². The molecule has 6 nitrogen and oxygen atoms in total. The summed E-state index contributed by atoms with van der Waals surface area (Å²) in [5.41, 5.74) is 5.50. The number of aromatic nitrogens is 2. The van der Waals surface area contributed by atoms with E-state index in [2.05, 4.69) is 9.97 Å². The highest BCUT2D eigenvalue weighted by Crippen LogP contribution is 2.13. The van der Waals surface area contributed by atoms with Crippen LogP contribution in [0.3, 0.4) is 0 Å². The van der Waals surface area contributed by atoms with E-state index in [-0.39, 0.29) is 16.5 Å². The largest absolute Gasteiger partial charge is 0.364 e. The summed E-state index contributed by atoms with van der Waals surface area (Å²) >= 11 is 0. The molecule has 2 rings (SSSR count). The number of hydrogen-bond donors (Lipinski definition) is 1. The number of rotatable bonds is 4. The summed E-state index contributed by atoms with van der Waals surface area (Å²) < 4.78 is 24.2. The maximum Gasteiger partial charge on any atom is 0.268 e. The summed E-state index contributed by atoms with van der Waals surface area (Å²) in [6, 6.07) is 8.68. The second-order valence-corrected chi connectivity index (χ2v) is 5.79. The zero-order valence-corrected chi connectivity index (χ0v) is 10.7. The number of nitrogens with two attached hydrogens (primary N) is 1. The molecule has 98 valence electrons. The van der Waals surface area contributed by atoms with Crippen LogP contribution in [-0.4, -0.2) is 24.3 Å². The lowest BCUT2D eigenvalue weighted by Gasteiger charge is -2.04. The molecule has 1 aromatic heterocycles. The predicted octanol–water partition coefficient (Wildman–Crippen LogP) is 0.549. The van der Waals surface area contributed by atoms with Gasteiger partial charge in [0.2, 0.25) is 9.84 Å². The topological polar surface area (TPSA) is 103 Å². The molecule has 7 heteroatoms. The van der Waals surface area contributed by atoms with Gasteiger partial charge in [-0.3, -0.25) is 9.78 Å². The van der Waals surface area contributed by atoms with Crippen molar-refractivity contribution in [3.05, 3.63) is 54.0 Å². The van der Waals surface area contributed by atoms with E-state index in [1.807, 2.05) is 0 Å². The van der Waals surface area contributed by atoms with Gasteiger partial charge >= 0.3 is 0 Å². The van der Waals surface area contributed by atoms with Crippen molar-refractivity contribution in [3.8, 4) is 0 Å². The molecule has 0 aliphatic carbocycles. The fourth-order valence-electron chi connectivity index (χ4n) is 1.48. The van der Waals surface area contributed by atoms with Crippen LogP contribution in [0.4, 0.5) is 0 Å². The molecule has 1 heterocycles. The monoisotopic (exact) mass is 277 g/mol. The molecule has 2 N–H and O–H groups in total. The number of sulfone groups is 1. The summed E-state index contributed by atoms with van der Waals surface area (Å²) in [4.78, 5) is 18.3. The Kier molecular flexibility index (Phi) is 3.57. The molecule has 19 heavy (non-hydrogen) atoms. The van der Waals surface area contributed by atoms with Crippen LogP contribution < -0.4 is 5.73 Å². The number of hydrogen-bond acceptors (Lipinski definition) is 5. The van der Waals surface area contributed by atoms with Crippen molar-refractivity contribution in [1.82, 2.24) is 9.97 Å². The SMILES string of the molecule is NC(=O)c1cncc(S(=O)(=O)Cc2ccccc2)n1. The first kappa shape index (κ1) is 13.2. The van der Waals surface area contributed by atoms with Gasteiger partial charge in [0, 0.05) is 0 Å². The highest BCUT2D eigenvalue weighted by atomic mass is 32.2. The third-order valence-corrected chi connectivity index (χ3v) is 3.93. The minimum Gasteiger partial charge on any atom is -0.364 e. The molecule has 0 bridgehead atoms. The maximum atomic E-state index is 12.1. The number of carbonyl (C=O) groups is 1. The number of carbonyl (C=O) groups excluding carboxylic acids is 1. The predicted molar refractivity (Wildman–Crippen MR) is 67.9 cm³/mol. The van der Waals surface area contributed by atoms with Crippen LogP contribution in [0.15, 0.2) is 47.8 Å². The Balaban J connectivity index is 2.35. The standard InChI is InChI=1S/C12H11N3O3S/c13-12(16)10-6-14-7-11(15-10)19(17,18)8-9-4-2-1-3-5-9/h1-7H,8H2,(H2,13,16). The average Bonchev–Trinajstić information content (AvgIpc) is 2.39. The summed E-state index contributed by atoms with van der Waals surface area (Å²) in [7, 11) is -3.65. The van der Waals surface area contributed by atoms with Crippen molar-refractivity contribution < 1.29 is 13.2 Å². The normalized spacial score (nSPS) is 11.2. The second-order valence-electron chi connectivity index (χ2n) is 3.85. The fourth-order valence-corrected chi connectivity index (χ4v) is 2.72. The van der Waals surface area contributed by atoms with E-state index in [9.17, 15) is 13.2 Å². The van der Waals surface area contributed by atoms with E-state index in [1.54, 1.807) is 30.3 Å². The van der Waals surface area contributed by atoms with Gasteiger partial charge in [0.15, 0.2) is 5.03 Å². The van der Waals surface area contributed by atoms with Crippen molar-refractivity contribution in [1.29, 1.82) is 0 Å². The second kappa shape index (κ2) is 5.15. The number of nitrogens with zero attached hydrogens (tertiary/aromatic N) is 2. The molecule has 0 unspecified atom stereocenters. The van der Waals surface area contributed by atoms with Gasteiger partial charge in [-0.2, -0.15) is 0 Å². The van der Waals surface area contributed by atoms with Gasteiger partial charge in [0.25, 0.3) is 5.91 Å². The molecule has 0 saturated heterocycles. The van der Waals surface area contributed by atoms with Crippen molar-refractivity contribution in [2.75, 3.05) is 0 Å². The van der Waals surface area contributed by atoms with Crippen molar-refractivity contribution in [2.24, 2.45) is 5.73 Å². The molecule has 0 saturated carbocycles. The molecular weight excluding hydrogens is 266 g/mol. The van der Waals surface area contributed by atoms with E-state index >= 15 is 0 Å². The Bertz CT molecular complexity index is 699. The van der Waals surface area contributed by atoms with Crippen molar-refractivity contribution in [3.63, 3.8) is 0 Å².